The zero-order valence-corrected chi connectivity index (χ0v) is 12.4. The minimum atomic E-state index is -0.783. The normalized spacial score (nSPS) is 11.2. The summed E-state index contributed by atoms with van der Waals surface area (Å²) in [6, 6.07) is 1.86. The molecule has 2 rings (SSSR count). The number of hydrogen-bond donors (Lipinski definition) is 1. The van der Waals surface area contributed by atoms with Gasteiger partial charge in [0.05, 0.1) is 12.1 Å². The van der Waals surface area contributed by atoms with Crippen molar-refractivity contribution in [1.29, 1.82) is 0 Å². The van der Waals surface area contributed by atoms with E-state index in [-0.39, 0.29) is 6.42 Å². The second-order valence-electron chi connectivity index (χ2n) is 5.06. The minimum absolute atomic E-state index is 0.160. The highest BCUT2D eigenvalue weighted by Gasteiger charge is 2.15. The Morgan fingerprint density at radius 2 is 2.10 bits per heavy atom. The Bertz CT molecular complexity index is 618. The first-order valence-corrected chi connectivity index (χ1v) is 6.76. The molecule has 21 heavy (non-hydrogen) atoms. The van der Waals surface area contributed by atoms with Gasteiger partial charge < -0.3 is 13.9 Å². The van der Waals surface area contributed by atoms with Crippen LogP contribution < -0.4 is 0 Å². The van der Waals surface area contributed by atoms with Crippen molar-refractivity contribution in [2.45, 2.75) is 33.2 Å². The third-order valence-electron chi connectivity index (χ3n) is 3.07. The van der Waals surface area contributed by atoms with Crippen molar-refractivity contribution >= 4 is 5.97 Å². The van der Waals surface area contributed by atoms with Gasteiger partial charge in [0.2, 0.25) is 5.89 Å². The van der Waals surface area contributed by atoms with Gasteiger partial charge in [-0.1, -0.05) is 0 Å². The molecule has 0 aromatic carbocycles. The van der Waals surface area contributed by atoms with Gasteiger partial charge in [0, 0.05) is 6.42 Å². The van der Waals surface area contributed by atoms with E-state index in [9.17, 15) is 4.79 Å². The molecule has 7 nitrogen and oxygen atoms in total. The zero-order chi connectivity index (χ0) is 15.4. The van der Waals surface area contributed by atoms with Crippen LogP contribution in [0.1, 0.15) is 30.3 Å². The lowest BCUT2D eigenvalue weighted by molar-refractivity contribution is -0.137. The van der Waals surface area contributed by atoms with Gasteiger partial charge in [-0.25, -0.2) is 0 Å². The highest BCUT2D eigenvalue weighted by molar-refractivity contribution is 5.66. The summed E-state index contributed by atoms with van der Waals surface area (Å²) in [5.41, 5.74) is 0.805. The fourth-order valence-corrected chi connectivity index (χ4v) is 2.08. The summed E-state index contributed by atoms with van der Waals surface area (Å²) in [5, 5.41) is 16.6. The summed E-state index contributed by atoms with van der Waals surface area (Å²) in [7, 11) is 1.89. The van der Waals surface area contributed by atoms with E-state index < -0.39 is 5.97 Å². The molecule has 0 radical (unpaired) electrons. The molecular formula is C14H19N3O4. The monoisotopic (exact) mass is 293 g/mol. The highest BCUT2D eigenvalue weighted by Crippen LogP contribution is 2.25. The van der Waals surface area contributed by atoms with Crippen LogP contribution in [0.25, 0.3) is 11.5 Å². The van der Waals surface area contributed by atoms with Crippen LogP contribution in [0.3, 0.4) is 0 Å². The summed E-state index contributed by atoms with van der Waals surface area (Å²) in [6.07, 6.45) is 0.750. The predicted molar refractivity (Wildman–Crippen MR) is 74.7 cm³/mol. The number of aromatic nitrogens is 2. The van der Waals surface area contributed by atoms with Gasteiger partial charge in [-0.05, 0) is 39.9 Å². The van der Waals surface area contributed by atoms with Gasteiger partial charge in [0.25, 0.3) is 5.89 Å². The number of nitrogens with zero attached hydrogens (tertiary/aromatic N) is 3. The van der Waals surface area contributed by atoms with E-state index in [1.807, 2.05) is 31.9 Å². The third-order valence-corrected chi connectivity index (χ3v) is 3.07. The number of carbonyl (C=O) groups is 1. The van der Waals surface area contributed by atoms with E-state index in [1.165, 1.54) is 0 Å². The van der Waals surface area contributed by atoms with E-state index in [1.54, 1.807) is 0 Å². The molecule has 0 bridgehead atoms. The molecule has 0 spiro atoms. The van der Waals surface area contributed by atoms with Crippen LogP contribution in [0, 0.1) is 13.8 Å². The fraction of sp³-hybridized carbons (Fsp3) is 0.500. The highest BCUT2D eigenvalue weighted by atomic mass is 16.4. The van der Waals surface area contributed by atoms with Crippen LogP contribution in [-0.4, -0.2) is 39.8 Å². The number of aliphatic carboxylic acids is 1. The smallest absolute Gasteiger partial charge is 0.303 e. The molecule has 114 valence electrons. The maximum atomic E-state index is 10.5. The van der Waals surface area contributed by atoms with Crippen molar-refractivity contribution in [2.75, 3.05) is 13.6 Å². The average molecular weight is 293 g/mol. The van der Waals surface area contributed by atoms with Gasteiger partial charge >= 0.3 is 5.97 Å². The summed E-state index contributed by atoms with van der Waals surface area (Å²) in [4.78, 5) is 12.4. The number of aryl methyl sites for hydroxylation is 2. The summed E-state index contributed by atoms with van der Waals surface area (Å²) in [5.74, 6) is 1.71. The van der Waals surface area contributed by atoms with Gasteiger partial charge in [-0.3, -0.25) is 9.69 Å². The van der Waals surface area contributed by atoms with Crippen LogP contribution in [-0.2, 0) is 11.3 Å². The predicted octanol–water partition coefficient (Wildman–Crippen LogP) is 2.24. The van der Waals surface area contributed by atoms with E-state index in [0.29, 0.717) is 31.3 Å². The van der Waals surface area contributed by atoms with E-state index in [4.69, 9.17) is 13.9 Å². The van der Waals surface area contributed by atoms with Crippen molar-refractivity contribution in [3.63, 3.8) is 0 Å². The molecule has 0 saturated carbocycles. The SMILES string of the molecule is Cc1cc(-c2nnc(CN(C)CCCC(=O)O)o2)c(C)o1. The molecule has 2 aromatic heterocycles. The molecule has 0 atom stereocenters. The first-order valence-electron chi connectivity index (χ1n) is 6.76. The Morgan fingerprint density at radius 3 is 2.71 bits per heavy atom. The Balaban J connectivity index is 1.94. The molecular weight excluding hydrogens is 274 g/mol. The lowest BCUT2D eigenvalue weighted by Crippen LogP contribution is -2.20. The van der Waals surface area contributed by atoms with Gasteiger partial charge in [0.1, 0.15) is 11.5 Å². The molecule has 2 heterocycles. The van der Waals surface area contributed by atoms with Gasteiger partial charge in [-0.2, -0.15) is 0 Å². The topological polar surface area (TPSA) is 92.6 Å². The van der Waals surface area contributed by atoms with E-state index in [2.05, 4.69) is 10.2 Å². The average Bonchev–Trinajstić information content (AvgIpc) is 2.95. The Hall–Kier alpha value is -2.15. The third kappa shape index (κ3) is 4.16. The van der Waals surface area contributed by atoms with Crippen molar-refractivity contribution in [1.82, 2.24) is 15.1 Å². The molecule has 0 saturated heterocycles. The molecule has 2 aromatic rings. The Kier molecular flexibility index (Phi) is 4.74. The van der Waals surface area contributed by atoms with Crippen LogP contribution in [0.4, 0.5) is 0 Å². The van der Waals surface area contributed by atoms with Crippen molar-refractivity contribution < 1.29 is 18.7 Å². The van der Waals surface area contributed by atoms with Crippen LogP contribution in [0.5, 0.6) is 0 Å². The van der Waals surface area contributed by atoms with Crippen molar-refractivity contribution in [2.24, 2.45) is 0 Å². The summed E-state index contributed by atoms with van der Waals surface area (Å²) >= 11 is 0. The standard InChI is InChI=1S/C14H19N3O4/c1-9-7-11(10(2)20-9)14-16-15-12(21-14)8-17(3)6-4-5-13(18)19/h7H,4-6,8H2,1-3H3,(H,18,19). The number of hydrogen-bond acceptors (Lipinski definition) is 6. The molecule has 7 heteroatoms. The minimum Gasteiger partial charge on any atom is -0.481 e. The lowest BCUT2D eigenvalue weighted by Gasteiger charge is -2.12. The number of carboxylic acids is 1. The molecule has 0 fully saturated rings. The molecule has 1 N–H and O–H groups in total. The van der Waals surface area contributed by atoms with Crippen LogP contribution in [0.2, 0.25) is 0 Å². The van der Waals surface area contributed by atoms with Crippen molar-refractivity contribution in [3.05, 3.63) is 23.5 Å². The molecule has 0 aliphatic heterocycles. The largest absolute Gasteiger partial charge is 0.481 e. The van der Waals surface area contributed by atoms with Crippen LogP contribution >= 0.6 is 0 Å². The number of carboxylic acid groups (broad SMARTS) is 1. The molecule has 0 aliphatic rings. The Morgan fingerprint density at radius 1 is 1.33 bits per heavy atom. The molecule has 0 unspecified atom stereocenters. The zero-order valence-electron chi connectivity index (χ0n) is 12.4. The maximum Gasteiger partial charge on any atom is 0.303 e. The van der Waals surface area contributed by atoms with Gasteiger partial charge in [0.15, 0.2) is 0 Å². The Labute approximate surface area is 122 Å². The van der Waals surface area contributed by atoms with E-state index in [0.717, 1.165) is 17.1 Å². The number of furan rings is 1. The maximum absolute atomic E-state index is 10.5. The fourth-order valence-electron chi connectivity index (χ4n) is 2.08. The van der Waals surface area contributed by atoms with Gasteiger partial charge in [-0.15, -0.1) is 10.2 Å². The summed E-state index contributed by atoms with van der Waals surface area (Å²) < 4.78 is 11.1. The lowest BCUT2D eigenvalue weighted by atomic mass is 10.2. The summed E-state index contributed by atoms with van der Waals surface area (Å²) in [6.45, 7) is 4.87. The number of rotatable bonds is 7. The molecule has 0 amide bonds. The quantitative estimate of drug-likeness (QED) is 0.836. The van der Waals surface area contributed by atoms with Crippen LogP contribution in [0.15, 0.2) is 14.9 Å². The van der Waals surface area contributed by atoms with Crippen molar-refractivity contribution in [3.8, 4) is 11.5 Å². The second kappa shape index (κ2) is 6.53. The molecule has 0 aliphatic carbocycles. The first-order chi connectivity index (χ1) is 9.95. The van der Waals surface area contributed by atoms with E-state index >= 15 is 0 Å². The second-order valence-corrected chi connectivity index (χ2v) is 5.06. The first kappa shape index (κ1) is 15.2.